The zero-order valence-electron chi connectivity index (χ0n) is 12.4. The molecule has 1 N–H and O–H groups in total. The third-order valence-corrected chi connectivity index (χ3v) is 3.72. The highest BCUT2D eigenvalue weighted by atomic mass is 16.5. The van der Waals surface area contributed by atoms with Crippen LogP contribution in [-0.2, 0) is 19.4 Å². The van der Waals surface area contributed by atoms with Crippen LogP contribution in [0, 0.1) is 0 Å². The van der Waals surface area contributed by atoms with Crippen molar-refractivity contribution in [2.45, 2.75) is 39.2 Å². The molecule has 1 heterocycles. The summed E-state index contributed by atoms with van der Waals surface area (Å²) in [6.07, 6.45) is 8.34. The Labute approximate surface area is 125 Å². The molecule has 21 heavy (non-hydrogen) atoms. The number of hydrogen-bond donors (Lipinski definition) is 1. The van der Waals surface area contributed by atoms with Crippen molar-refractivity contribution in [1.29, 1.82) is 0 Å². The van der Waals surface area contributed by atoms with Crippen LogP contribution >= 0.6 is 0 Å². The van der Waals surface area contributed by atoms with Gasteiger partial charge in [-0.3, -0.25) is 0 Å². The third kappa shape index (κ3) is 3.58. The molecule has 0 spiro atoms. The zero-order valence-corrected chi connectivity index (χ0v) is 12.4. The molecule has 1 aliphatic rings. The fraction of sp³-hybridized carbons (Fsp3) is 0.412. The van der Waals surface area contributed by atoms with Crippen LogP contribution < -0.4 is 10.1 Å². The molecule has 2 aromatic rings. The van der Waals surface area contributed by atoms with Crippen LogP contribution in [0.2, 0.25) is 0 Å². The lowest BCUT2D eigenvalue weighted by Crippen LogP contribution is -2.14. The first-order chi connectivity index (χ1) is 10.3. The minimum absolute atomic E-state index is 0.409. The molecule has 1 aromatic heterocycles. The predicted molar refractivity (Wildman–Crippen MR) is 82.6 cm³/mol. The number of aromatic nitrogens is 2. The van der Waals surface area contributed by atoms with E-state index < -0.39 is 0 Å². The van der Waals surface area contributed by atoms with Crippen molar-refractivity contribution in [3.8, 4) is 11.8 Å². The number of nitrogens with zero attached hydrogens (tertiary/aromatic N) is 2. The van der Waals surface area contributed by atoms with E-state index in [2.05, 4.69) is 34.3 Å². The quantitative estimate of drug-likeness (QED) is 0.827. The second-order valence-electron chi connectivity index (χ2n) is 5.44. The topological polar surface area (TPSA) is 47.0 Å². The highest BCUT2D eigenvalue weighted by Gasteiger charge is 2.11. The Morgan fingerprint density at radius 1 is 1.14 bits per heavy atom. The van der Waals surface area contributed by atoms with Gasteiger partial charge in [-0.25, -0.2) is 9.97 Å². The van der Waals surface area contributed by atoms with Gasteiger partial charge in [0.1, 0.15) is 5.75 Å². The SMILES string of the molecule is CCCNCc1cnc(Oc2ccc3c(c2)CCC3)nc1. The highest BCUT2D eigenvalue weighted by Crippen LogP contribution is 2.27. The van der Waals surface area contributed by atoms with Gasteiger partial charge in [0.2, 0.25) is 0 Å². The molecular weight excluding hydrogens is 262 g/mol. The Balaban J connectivity index is 1.62. The van der Waals surface area contributed by atoms with Gasteiger partial charge in [0.15, 0.2) is 0 Å². The summed E-state index contributed by atoms with van der Waals surface area (Å²) in [4.78, 5) is 8.55. The van der Waals surface area contributed by atoms with Gasteiger partial charge in [-0.2, -0.15) is 0 Å². The number of rotatable bonds is 6. The molecule has 4 nitrogen and oxygen atoms in total. The van der Waals surface area contributed by atoms with Crippen LogP contribution in [0.25, 0.3) is 0 Å². The minimum atomic E-state index is 0.409. The van der Waals surface area contributed by atoms with Crippen LogP contribution in [0.3, 0.4) is 0 Å². The van der Waals surface area contributed by atoms with Crippen molar-refractivity contribution >= 4 is 0 Å². The van der Waals surface area contributed by atoms with E-state index in [9.17, 15) is 0 Å². The van der Waals surface area contributed by atoms with Crippen molar-refractivity contribution in [2.75, 3.05) is 6.54 Å². The van der Waals surface area contributed by atoms with Gasteiger partial charge in [-0.15, -0.1) is 0 Å². The molecule has 1 aromatic carbocycles. The fourth-order valence-corrected chi connectivity index (χ4v) is 2.61. The van der Waals surface area contributed by atoms with E-state index in [0.29, 0.717) is 6.01 Å². The molecule has 0 aliphatic heterocycles. The largest absolute Gasteiger partial charge is 0.424 e. The van der Waals surface area contributed by atoms with Gasteiger partial charge < -0.3 is 10.1 Å². The van der Waals surface area contributed by atoms with Gasteiger partial charge in [-0.05, 0) is 55.5 Å². The number of fused-ring (bicyclic) bond motifs is 1. The molecule has 1 aliphatic carbocycles. The van der Waals surface area contributed by atoms with Crippen molar-refractivity contribution in [2.24, 2.45) is 0 Å². The van der Waals surface area contributed by atoms with Crippen molar-refractivity contribution in [3.05, 3.63) is 47.3 Å². The molecule has 0 atom stereocenters. The van der Waals surface area contributed by atoms with E-state index in [0.717, 1.165) is 37.2 Å². The lowest BCUT2D eigenvalue weighted by Gasteiger charge is -2.07. The molecule has 110 valence electrons. The van der Waals surface area contributed by atoms with Crippen LogP contribution in [0.4, 0.5) is 0 Å². The Morgan fingerprint density at radius 3 is 2.76 bits per heavy atom. The van der Waals surface area contributed by atoms with Gasteiger partial charge in [0.05, 0.1) is 0 Å². The van der Waals surface area contributed by atoms with E-state index in [1.54, 1.807) is 0 Å². The first-order valence-electron chi connectivity index (χ1n) is 7.66. The number of benzene rings is 1. The molecule has 0 amide bonds. The summed E-state index contributed by atoms with van der Waals surface area (Å²) in [6.45, 7) is 3.96. The molecule has 0 saturated carbocycles. The van der Waals surface area contributed by atoms with E-state index >= 15 is 0 Å². The van der Waals surface area contributed by atoms with Crippen LogP contribution in [0.5, 0.6) is 11.8 Å². The summed E-state index contributed by atoms with van der Waals surface area (Å²) in [7, 11) is 0. The van der Waals surface area contributed by atoms with E-state index in [1.165, 1.54) is 24.0 Å². The second-order valence-corrected chi connectivity index (χ2v) is 5.44. The average Bonchev–Trinajstić information content (AvgIpc) is 2.97. The first-order valence-corrected chi connectivity index (χ1v) is 7.66. The molecule has 0 fully saturated rings. The standard InChI is InChI=1S/C17H21N3O/c1-2-8-18-10-13-11-19-17(20-12-13)21-16-7-6-14-4-3-5-15(14)9-16/h6-7,9,11-12,18H,2-5,8,10H2,1H3. The Hall–Kier alpha value is -1.94. The maximum absolute atomic E-state index is 5.74. The second kappa shape index (κ2) is 6.68. The maximum atomic E-state index is 5.74. The number of aryl methyl sites for hydroxylation is 2. The average molecular weight is 283 g/mol. The lowest BCUT2D eigenvalue weighted by atomic mass is 10.1. The van der Waals surface area contributed by atoms with E-state index in [4.69, 9.17) is 4.74 Å². The zero-order chi connectivity index (χ0) is 14.5. The molecular formula is C17H21N3O. The highest BCUT2D eigenvalue weighted by molar-refractivity contribution is 5.39. The summed E-state index contributed by atoms with van der Waals surface area (Å²) in [5.41, 5.74) is 3.92. The fourth-order valence-electron chi connectivity index (χ4n) is 2.61. The van der Waals surface area contributed by atoms with E-state index in [1.807, 2.05) is 18.5 Å². The minimum Gasteiger partial charge on any atom is -0.424 e. The Morgan fingerprint density at radius 2 is 1.95 bits per heavy atom. The summed E-state index contributed by atoms with van der Waals surface area (Å²) >= 11 is 0. The summed E-state index contributed by atoms with van der Waals surface area (Å²) in [5.74, 6) is 0.826. The van der Waals surface area contributed by atoms with Gasteiger partial charge in [0.25, 0.3) is 0 Å². The van der Waals surface area contributed by atoms with Crippen molar-refractivity contribution in [1.82, 2.24) is 15.3 Å². The first kappa shape index (κ1) is 14.0. The van der Waals surface area contributed by atoms with Gasteiger partial charge in [-0.1, -0.05) is 13.0 Å². The molecule has 0 bridgehead atoms. The normalized spacial score (nSPS) is 13.2. The van der Waals surface area contributed by atoms with Gasteiger partial charge >= 0.3 is 6.01 Å². The maximum Gasteiger partial charge on any atom is 0.321 e. The molecule has 3 rings (SSSR count). The predicted octanol–water partition coefficient (Wildman–Crippen LogP) is 3.26. The summed E-state index contributed by atoms with van der Waals surface area (Å²) in [5, 5.41) is 3.33. The molecule has 0 unspecified atom stereocenters. The lowest BCUT2D eigenvalue weighted by molar-refractivity contribution is 0.440. The number of ether oxygens (including phenoxy) is 1. The molecule has 4 heteroatoms. The number of hydrogen-bond acceptors (Lipinski definition) is 4. The van der Waals surface area contributed by atoms with Crippen LogP contribution in [-0.4, -0.2) is 16.5 Å². The Bertz CT molecular complexity index is 595. The molecule has 0 saturated heterocycles. The third-order valence-electron chi connectivity index (χ3n) is 3.72. The summed E-state index contributed by atoms with van der Waals surface area (Å²) < 4.78 is 5.74. The van der Waals surface area contributed by atoms with E-state index in [-0.39, 0.29) is 0 Å². The van der Waals surface area contributed by atoms with Gasteiger partial charge in [0, 0.05) is 24.5 Å². The van der Waals surface area contributed by atoms with Crippen LogP contribution in [0.15, 0.2) is 30.6 Å². The van der Waals surface area contributed by atoms with Crippen molar-refractivity contribution in [3.63, 3.8) is 0 Å². The Kier molecular flexibility index (Phi) is 4.46. The monoisotopic (exact) mass is 283 g/mol. The molecule has 0 radical (unpaired) electrons. The van der Waals surface area contributed by atoms with Crippen LogP contribution in [0.1, 0.15) is 36.5 Å². The summed E-state index contributed by atoms with van der Waals surface area (Å²) in [6, 6.07) is 6.68. The number of nitrogens with one attached hydrogen (secondary N) is 1. The van der Waals surface area contributed by atoms with Crippen molar-refractivity contribution < 1.29 is 4.74 Å². The smallest absolute Gasteiger partial charge is 0.321 e.